The molecule has 0 saturated carbocycles. The van der Waals surface area contributed by atoms with Gasteiger partial charge in [-0.05, 0) is 42.7 Å². The van der Waals surface area contributed by atoms with Crippen LogP contribution in [-0.4, -0.2) is 45.9 Å². The van der Waals surface area contributed by atoms with E-state index >= 15 is 0 Å². The van der Waals surface area contributed by atoms with E-state index in [0.29, 0.717) is 41.0 Å². The number of thioether (sulfide) groups is 1. The maximum atomic E-state index is 13.6. The van der Waals surface area contributed by atoms with Crippen molar-refractivity contribution in [3.8, 4) is 6.07 Å². The van der Waals surface area contributed by atoms with Crippen LogP contribution in [0.4, 0.5) is 11.5 Å². The molecular formula is C31H31N5O2S2. The summed E-state index contributed by atoms with van der Waals surface area (Å²) in [7, 11) is 0. The number of anilines is 2. The third-order valence-electron chi connectivity index (χ3n) is 7.33. The van der Waals surface area contributed by atoms with Crippen molar-refractivity contribution in [2.24, 2.45) is 0 Å². The number of nitrogens with zero attached hydrogens (tertiary/aromatic N) is 5. The monoisotopic (exact) mass is 569 g/mol. The van der Waals surface area contributed by atoms with E-state index in [2.05, 4.69) is 28.0 Å². The fraction of sp³-hybridized carbons (Fsp3) is 0.290. The van der Waals surface area contributed by atoms with Crippen LogP contribution in [0.3, 0.4) is 0 Å². The summed E-state index contributed by atoms with van der Waals surface area (Å²) in [5, 5.41) is 9.93. The Morgan fingerprint density at radius 3 is 2.23 bits per heavy atom. The number of pyridine rings is 1. The van der Waals surface area contributed by atoms with Gasteiger partial charge in [-0.3, -0.25) is 19.1 Å². The Morgan fingerprint density at radius 1 is 0.975 bits per heavy atom. The Hall–Kier alpha value is -3.87. The van der Waals surface area contributed by atoms with Gasteiger partial charge in [-0.15, -0.1) is 0 Å². The van der Waals surface area contributed by atoms with Gasteiger partial charge in [0.15, 0.2) is 0 Å². The van der Waals surface area contributed by atoms with Crippen LogP contribution >= 0.6 is 24.0 Å². The smallest absolute Gasteiger partial charge is 0.270 e. The summed E-state index contributed by atoms with van der Waals surface area (Å²) < 4.78 is 2.22. The Kier molecular flexibility index (Phi) is 8.38. The topological polar surface area (TPSA) is 72.6 Å². The predicted molar refractivity (Wildman–Crippen MR) is 166 cm³/mol. The minimum Gasteiger partial charge on any atom is -0.368 e. The van der Waals surface area contributed by atoms with Crippen molar-refractivity contribution in [3.05, 3.63) is 98.2 Å². The number of benzene rings is 2. The highest BCUT2D eigenvalue weighted by molar-refractivity contribution is 8.26. The van der Waals surface area contributed by atoms with Gasteiger partial charge in [0.1, 0.15) is 21.8 Å². The van der Waals surface area contributed by atoms with Gasteiger partial charge in [0.2, 0.25) is 0 Å². The van der Waals surface area contributed by atoms with Gasteiger partial charge in [0.25, 0.3) is 11.5 Å². The van der Waals surface area contributed by atoms with Gasteiger partial charge in [-0.25, -0.2) is 0 Å². The fourth-order valence-electron chi connectivity index (χ4n) is 5.26. The summed E-state index contributed by atoms with van der Waals surface area (Å²) in [5.74, 6) is 0.606. The number of piperazine rings is 1. The van der Waals surface area contributed by atoms with E-state index in [9.17, 15) is 14.9 Å². The van der Waals surface area contributed by atoms with Gasteiger partial charge < -0.3 is 9.80 Å². The van der Waals surface area contributed by atoms with Crippen molar-refractivity contribution in [1.29, 1.82) is 5.26 Å². The molecule has 0 unspecified atom stereocenters. The van der Waals surface area contributed by atoms with Crippen molar-refractivity contribution in [1.82, 2.24) is 9.47 Å². The summed E-state index contributed by atoms with van der Waals surface area (Å²) >= 11 is 6.87. The highest BCUT2D eigenvalue weighted by Gasteiger charge is 2.33. The molecule has 0 N–H and O–H groups in total. The van der Waals surface area contributed by atoms with Crippen LogP contribution in [0.25, 0.3) is 6.08 Å². The molecule has 5 rings (SSSR count). The normalized spacial score (nSPS) is 16.6. The third kappa shape index (κ3) is 5.42. The van der Waals surface area contributed by atoms with Crippen LogP contribution in [0.2, 0.25) is 0 Å². The molecule has 1 aromatic heterocycles. The molecule has 3 aromatic rings. The standard InChI is InChI=1S/C31H31N5O2S2/c1-3-14-35-28(34-17-15-33(16-18-34)24-12-8-5-9-13-24)25(22(2)26(20-32)29(35)37)19-27-30(38)36(31(39)40-27)21-23-10-6-4-7-11-23/h4-13,19H,3,14-18,21H2,1-2H3/b27-19+. The number of nitriles is 1. The maximum Gasteiger partial charge on any atom is 0.270 e. The molecule has 3 heterocycles. The van der Waals surface area contributed by atoms with Crippen LogP contribution in [0.15, 0.2) is 70.4 Å². The maximum absolute atomic E-state index is 13.6. The molecule has 2 aromatic carbocycles. The first-order valence-electron chi connectivity index (χ1n) is 13.4. The van der Waals surface area contributed by atoms with Crippen LogP contribution in [0.5, 0.6) is 0 Å². The van der Waals surface area contributed by atoms with E-state index in [4.69, 9.17) is 12.2 Å². The molecule has 0 bridgehead atoms. The Balaban J connectivity index is 1.54. The average molecular weight is 570 g/mol. The lowest BCUT2D eigenvalue weighted by Gasteiger charge is -2.39. The highest BCUT2D eigenvalue weighted by Crippen LogP contribution is 2.37. The molecule has 1 amide bonds. The van der Waals surface area contributed by atoms with E-state index in [1.165, 1.54) is 17.4 Å². The van der Waals surface area contributed by atoms with Crippen molar-refractivity contribution in [2.45, 2.75) is 33.4 Å². The molecule has 204 valence electrons. The van der Waals surface area contributed by atoms with E-state index in [1.807, 2.05) is 61.5 Å². The number of amides is 1. The minimum absolute atomic E-state index is 0.117. The number of carbonyl (C=O) groups excluding carboxylic acids is 1. The molecule has 2 saturated heterocycles. The number of rotatable bonds is 7. The number of hydrogen-bond donors (Lipinski definition) is 0. The lowest BCUT2D eigenvalue weighted by molar-refractivity contribution is -0.122. The lowest BCUT2D eigenvalue weighted by Crippen LogP contribution is -2.48. The lowest BCUT2D eigenvalue weighted by atomic mass is 10.0. The van der Waals surface area contributed by atoms with E-state index in [0.717, 1.165) is 36.5 Å². The third-order valence-corrected chi connectivity index (χ3v) is 8.70. The number of thiocarbonyl (C=S) groups is 1. The second-order valence-electron chi connectivity index (χ2n) is 9.87. The van der Waals surface area contributed by atoms with Gasteiger partial charge >= 0.3 is 0 Å². The van der Waals surface area contributed by atoms with Crippen LogP contribution in [-0.2, 0) is 17.9 Å². The first kappa shape index (κ1) is 27.7. The van der Waals surface area contributed by atoms with Crippen molar-refractivity contribution < 1.29 is 4.79 Å². The quantitative estimate of drug-likeness (QED) is 0.287. The molecule has 0 radical (unpaired) electrons. The number of carbonyl (C=O) groups is 1. The number of para-hydroxylation sites is 1. The van der Waals surface area contributed by atoms with Gasteiger partial charge in [-0.2, -0.15) is 5.26 Å². The Morgan fingerprint density at radius 2 is 1.60 bits per heavy atom. The summed E-state index contributed by atoms with van der Waals surface area (Å²) in [6.45, 7) is 7.70. The molecule has 0 aliphatic carbocycles. The Bertz CT molecular complexity index is 1550. The fourth-order valence-corrected chi connectivity index (χ4v) is 6.50. The van der Waals surface area contributed by atoms with Crippen LogP contribution in [0.1, 0.15) is 35.6 Å². The predicted octanol–water partition coefficient (Wildman–Crippen LogP) is 5.17. The van der Waals surface area contributed by atoms with Crippen molar-refractivity contribution >= 4 is 51.8 Å². The van der Waals surface area contributed by atoms with Gasteiger partial charge in [0.05, 0.1) is 11.4 Å². The summed E-state index contributed by atoms with van der Waals surface area (Å²) in [5.41, 5.74) is 3.33. The average Bonchev–Trinajstić information content (AvgIpc) is 3.24. The molecule has 40 heavy (non-hydrogen) atoms. The van der Waals surface area contributed by atoms with E-state index < -0.39 is 0 Å². The second kappa shape index (κ2) is 12.1. The SMILES string of the molecule is CCCn1c(N2CCN(c3ccccc3)CC2)c(/C=C2/SC(=S)N(Cc3ccccc3)C2=O)c(C)c(C#N)c1=O. The summed E-state index contributed by atoms with van der Waals surface area (Å²) in [4.78, 5) is 33.7. The highest BCUT2D eigenvalue weighted by atomic mass is 32.2. The van der Waals surface area contributed by atoms with Crippen LogP contribution in [0, 0.1) is 18.3 Å². The zero-order valence-corrected chi connectivity index (χ0v) is 24.3. The second-order valence-corrected chi connectivity index (χ2v) is 11.5. The molecule has 2 aliphatic rings. The minimum atomic E-state index is -0.281. The molecule has 0 spiro atoms. The molecule has 7 nitrogen and oxygen atoms in total. The number of aromatic nitrogens is 1. The first-order valence-corrected chi connectivity index (χ1v) is 14.7. The van der Waals surface area contributed by atoms with Crippen LogP contribution < -0.4 is 15.4 Å². The molecule has 2 fully saturated rings. The van der Waals surface area contributed by atoms with Gasteiger partial charge in [-0.1, -0.05) is 79.4 Å². The summed E-state index contributed by atoms with van der Waals surface area (Å²) in [6, 6.07) is 22.2. The van der Waals surface area contributed by atoms with E-state index in [1.54, 1.807) is 16.4 Å². The Labute approximate surface area is 244 Å². The molecular weight excluding hydrogens is 539 g/mol. The van der Waals surface area contributed by atoms with Crippen molar-refractivity contribution in [2.75, 3.05) is 36.0 Å². The zero-order valence-electron chi connectivity index (χ0n) is 22.7. The van der Waals surface area contributed by atoms with Crippen molar-refractivity contribution in [3.63, 3.8) is 0 Å². The summed E-state index contributed by atoms with van der Waals surface area (Å²) in [6.07, 6.45) is 2.58. The molecule has 0 atom stereocenters. The number of hydrogen-bond acceptors (Lipinski definition) is 7. The van der Waals surface area contributed by atoms with E-state index in [-0.39, 0.29) is 17.0 Å². The van der Waals surface area contributed by atoms with Gasteiger partial charge in [0, 0.05) is 44.0 Å². The largest absolute Gasteiger partial charge is 0.368 e. The molecule has 9 heteroatoms. The first-order chi connectivity index (χ1) is 19.4. The molecule has 2 aliphatic heterocycles. The zero-order chi connectivity index (χ0) is 28.2.